The summed E-state index contributed by atoms with van der Waals surface area (Å²) in [5.41, 5.74) is -0.285. The van der Waals surface area contributed by atoms with E-state index in [-0.39, 0.29) is 56.3 Å². The molecule has 3 aliphatic heterocycles. The van der Waals surface area contributed by atoms with Gasteiger partial charge in [0.25, 0.3) is 0 Å². The maximum absolute atomic E-state index is 14.6. The molecular formula is C61H92N4O13S. The predicted octanol–water partition coefficient (Wildman–Crippen LogP) is 5.99. The van der Waals surface area contributed by atoms with Crippen LogP contribution in [0.25, 0.3) is 27.6 Å². The van der Waals surface area contributed by atoms with Crippen LogP contribution in [0.4, 0.5) is 0 Å². The molecule has 7 N–H and O–H groups in total. The van der Waals surface area contributed by atoms with Crippen LogP contribution in [0.2, 0.25) is 0 Å². The first kappa shape index (κ1) is 62.9. The maximum Gasteiger partial charge on any atom is 0.311 e. The van der Waals surface area contributed by atoms with Crippen LogP contribution in [0.3, 0.4) is 0 Å². The van der Waals surface area contributed by atoms with Crippen molar-refractivity contribution in [2.24, 2.45) is 17.8 Å². The number of benzene rings is 2. The number of cyclic esters (lactones) is 1. The largest absolute Gasteiger partial charge is 0.459 e. The molecule has 7 rings (SSSR count). The van der Waals surface area contributed by atoms with Crippen LogP contribution < -0.4 is 10.6 Å². The minimum absolute atomic E-state index is 0.00397. The number of hydrogen-bond acceptors (Lipinski definition) is 17. The molecule has 1 amide bonds. The first-order valence-electron chi connectivity index (χ1n) is 28.4. The van der Waals surface area contributed by atoms with Crippen LogP contribution in [0.1, 0.15) is 111 Å². The number of nitrogens with zero attached hydrogens (tertiary/aromatic N) is 2. The fraction of sp³-hybridized carbons (Fsp3) is 0.672. The number of nitrogens with one attached hydrogen (secondary N) is 2. The molecule has 1 aromatic heterocycles. The van der Waals surface area contributed by atoms with Gasteiger partial charge in [-0.1, -0.05) is 69.3 Å². The van der Waals surface area contributed by atoms with Gasteiger partial charge in [0.15, 0.2) is 12.6 Å². The van der Waals surface area contributed by atoms with Gasteiger partial charge in [0.05, 0.1) is 35.9 Å². The Morgan fingerprint density at radius 2 is 1.57 bits per heavy atom. The molecule has 1 aliphatic carbocycles. The fourth-order valence-corrected chi connectivity index (χ4v) is 14.0. The van der Waals surface area contributed by atoms with Crippen LogP contribution in [0.5, 0.6) is 0 Å². The number of fused-ring (bicyclic) bond motifs is 5. The molecule has 2 aromatic carbocycles. The molecule has 0 radical (unpaired) electrons. The normalized spacial score (nSPS) is 38.0. The third kappa shape index (κ3) is 13.7. The van der Waals surface area contributed by atoms with Crippen molar-refractivity contribution in [2.45, 2.75) is 191 Å². The second kappa shape index (κ2) is 25.8. The Morgan fingerprint density at radius 1 is 0.911 bits per heavy atom. The molecule has 3 fully saturated rings. The van der Waals surface area contributed by atoms with E-state index in [1.54, 1.807) is 59.0 Å². The topological polar surface area (TPSA) is 221 Å². The highest BCUT2D eigenvalue weighted by Gasteiger charge is 2.58. The average molecular weight is 1120 g/mol. The van der Waals surface area contributed by atoms with E-state index in [4.69, 9.17) is 28.4 Å². The van der Waals surface area contributed by atoms with Crippen LogP contribution in [-0.2, 0) is 44.4 Å². The van der Waals surface area contributed by atoms with Gasteiger partial charge >= 0.3 is 5.97 Å². The number of aliphatic hydroxyl groups is 5. The summed E-state index contributed by atoms with van der Waals surface area (Å²) in [6, 6.07) is 18.2. The van der Waals surface area contributed by atoms with Gasteiger partial charge in [-0.3, -0.25) is 9.59 Å². The number of amides is 1. The zero-order valence-corrected chi connectivity index (χ0v) is 49.9. The predicted molar refractivity (Wildman–Crippen MR) is 306 cm³/mol. The Morgan fingerprint density at radius 3 is 2.23 bits per heavy atom. The van der Waals surface area contributed by atoms with E-state index in [9.17, 15) is 35.1 Å². The van der Waals surface area contributed by atoms with Crippen LogP contribution in [-0.4, -0.2) is 191 Å². The van der Waals surface area contributed by atoms with Gasteiger partial charge in [-0.2, -0.15) is 0 Å². The number of thiophene rings is 1. The van der Waals surface area contributed by atoms with Gasteiger partial charge in [-0.15, -0.1) is 11.3 Å². The molecule has 4 aliphatic rings. The highest BCUT2D eigenvalue weighted by Crippen LogP contribution is 2.47. The Kier molecular flexibility index (Phi) is 20.6. The van der Waals surface area contributed by atoms with Crippen molar-refractivity contribution in [2.75, 3.05) is 54.4 Å². The van der Waals surface area contributed by atoms with Gasteiger partial charge in [0.2, 0.25) is 5.91 Å². The molecule has 18 atom stereocenters. The van der Waals surface area contributed by atoms with E-state index in [2.05, 4.69) is 65.2 Å². The summed E-state index contributed by atoms with van der Waals surface area (Å²) in [7, 11) is 7.11. The summed E-state index contributed by atoms with van der Waals surface area (Å²) < 4.78 is 39.0. The Bertz CT molecular complexity index is 2500. The third-order valence-electron chi connectivity index (χ3n) is 17.8. The Balaban J connectivity index is 1.08. The van der Waals surface area contributed by atoms with E-state index < -0.39 is 95.5 Å². The van der Waals surface area contributed by atoms with Gasteiger partial charge < -0.3 is 74.4 Å². The smallest absolute Gasteiger partial charge is 0.311 e. The molecule has 0 bridgehead atoms. The number of esters is 1. The lowest BCUT2D eigenvalue weighted by Gasteiger charge is -2.53. The lowest BCUT2D eigenvalue weighted by atomic mass is 9.75. The summed E-state index contributed by atoms with van der Waals surface area (Å²) in [5, 5.41) is 67.1. The van der Waals surface area contributed by atoms with Crippen molar-refractivity contribution in [3.8, 4) is 21.6 Å². The third-order valence-corrected chi connectivity index (χ3v) is 18.9. The van der Waals surface area contributed by atoms with Gasteiger partial charge in [0, 0.05) is 79.1 Å². The van der Waals surface area contributed by atoms with Crippen LogP contribution in [0, 0.1) is 17.8 Å². The minimum atomic E-state index is -1.86. The SMILES string of the molecule is CC[C@H]1OC(=O)[C@H](C)[C@@H](O[C@H]2C[C@@](C)(OC)[C@](O)(CNCCNC(=O)/C=C/c3cc4c(s3)-c3ccccc3Cc3ccccc3-4)[C@H](C)O2)[C@H](C)[C@@H](O[C@@H]2O[C@H](C)C[C@H](N(C)C)[C@H]2O)[C@](C)(O)C[C@@H](C)CN(C)[C@H](C)[C@@H](O)[C@]1(C)O. The summed E-state index contributed by atoms with van der Waals surface area (Å²) in [4.78, 5) is 33.8. The summed E-state index contributed by atoms with van der Waals surface area (Å²) in [5.74, 6) is -3.11. The van der Waals surface area contributed by atoms with Crippen molar-refractivity contribution in [3.63, 3.8) is 0 Å². The average Bonchev–Trinajstić information content (AvgIpc) is 3.99. The molecule has 3 saturated heterocycles. The number of hydrogen-bond donors (Lipinski definition) is 7. The van der Waals surface area contributed by atoms with E-state index in [1.807, 2.05) is 57.8 Å². The second-order valence-corrected chi connectivity index (χ2v) is 25.3. The van der Waals surface area contributed by atoms with E-state index in [0.717, 1.165) is 16.9 Å². The summed E-state index contributed by atoms with van der Waals surface area (Å²) in [6.07, 6.45) is -4.07. The summed E-state index contributed by atoms with van der Waals surface area (Å²) in [6.45, 7) is 18.6. The monoisotopic (exact) mass is 1120 g/mol. The van der Waals surface area contributed by atoms with Crippen LogP contribution in [0.15, 0.2) is 60.7 Å². The molecule has 18 heteroatoms. The molecule has 4 heterocycles. The number of rotatable bonds is 14. The highest BCUT2D eigenvalue weighted by atomic mass is 32.1. The standard InChI is InChI=1S/C61H92N4O13S/c1-15-48-60(10,71)54(68)39(6)65(13)33-35(2)31-58(8,70)55(78-57-51(67)47(64(11)12)28-36(3)74-57)37(4)52(38(5)56(69)76-48)77-50-32-59(9,73-14)61(72,40(7)75-50)34-62-26-27-63-49(66)25-24-43-30-46-44-22-18-16-20-41(44)29-42-21-17-19-23-45(42)53(46)79-43/h16-25,30,35-40,47-48,50-52,54-55,57,62,67-68,70-72H,15,26-29,31-34H2,1-14H3,(H,63,66)/b25-24+/t35-,36-,37+,38-,39-,40+,47+,48-,50+,51-,52+,54-,55-,57+,58-,59-,60-,61+/m1/s1. The number of carbonyl (C=O) groups is 2. The zero-order chi connectivity index (χ0) is 57.9. The van der Waals surface area contributed by atoms with E-state index in [0.29, 0.717) is 19.5 Å². The molecular weight excluding hydrogens is 1030 g/mol. The van der Waals surface area contributed by atoms with Crippen molar-refractivity contribution < 1.29 is 63.5 Å². The Hall–Kier alpha value is -3.70. The molecule has 0 spiro atoms. The second-order valence-electron chi connectivity index (χ2n) is 24.2. The first-order chi connectivity index (χ1) is 37.2. The van der Waals surface area contributed by atoms with Crippen molar-refractivity contribution in [1.82, 2.24) is 20.4 Å². The minimum Gasteiger partial charge on any atom is -0.459 e. The van der Waals surface area contributed by atoms with Gasteiger partial charge in [0.1, 0.15) is 35.1 Å². The molecule has 440 valence electrons. The summed E-state index contributed by atoms with van der Waals surface area (Å²) >= 11 is 1.66. The van der Waals surface area contributed by atoms with Gasteiger partial charge in [-0.25, -0.2) is 0 Å². The highest BCUT2D eigenvalue weighted by molar-refractivity contribution is 7.17. The van der Waals surface area contributed by atoms with Crippen molar-refractivity contribution in [1.29, 1.82) is 0 Å². The van der Waals surface area contributed by atoms with Crippen LogP contribution >= 0.6 is 11.3 Å². The number of methoxy groups -OCH3 is 1. The van der Waals surface area contributed by atoms with E-state index >= 15 is 0 Å². The van der Waals surface area contributed by atoms with Gasteiger partial charge in [-0.05, 0) is 136 Å². The van der Waals surface area contributed by atoms with E-state index in [1.165, 1.54) is 41.2 Å². The zero-order valence-electron chi connectivity index (χ0n) is 49.1. The Labute approximate surface area is 472 Å². The first-order valence-corrected chi connectivity index (χ1v) is 29.2. The molecule has 79 heavy (non-hydrogen) atoms. The molecule has 3 aromatic rings. The fourth-order valence-electron chi connectivity index (χ4n) is 12.8. The number of carbonyl (C=O) groups excluding carboxylic acids is 2. The number of likely N-dealkylation sites (N-methyl/N-ethyl adjacent to an activating group) is 2. The molecule has 0 saturated carbocycles. The lowest BCUT2D eigenvalue weighted by molar-refractivity contribution is -0.336. The molecule has 0 unspecified atom stereocenters. The number of aliphatic hydroxyl groups excluding tert-OH is 2. The maximum atomic E-state index is 14.6. The van der Waals surface area contributed by atoms with Crippen molar-refractivity contribution >= 4 is 29.3 Å². The molecule has 17 nitrogen and oxygen atoms in total. The quantitative estimate of drug-likeness (QED) is 0.0438. The lowest BCUT2D eigenvalue weighted by Crippen LogP contribution is -2.70. The number of ether oxygens (including phenoxy) is 6. The van der Waals surface area contributed by atoms with Crippen molar-refractivity contribution in [3.05, 3.63) is 76.7 Å².